The van der Waals surface area contributed by atoms with Gasteiger partial charge in [0.05, 0.1) is 20.4 Å². The minimum absolute atomic E-state index is 0.294. The fraction of sp³-hybridized carbons (Fsp3) is 0.231. The summed E-state index contributed by atoms with van der Waals surface area (Å²) in [5.41, 5.74) is 3.42. The molecule has 0 unspecified atom stereocenters. The molecule has 2 N–H and O–H groups in total. The van der Waals surface area contributed by atoms with E-state index in [1.807, 2.05) is 0 Å². The summed E-state index contributed by atoms with van der Waals surface area (Å²) in [6.07, 6.45) is 1.56. The Morgan fingerprint density at radius 1 is 1.33 bits per heavy atom. The Bertz CT molecular complexity index is 711. The van der Waals surface area contributed by atoms with Gasteiger partial charge in [0.25, 0.3) is 0 Å². The molecule has 0 saturated carbocycles. The van der Waals surface area contributed by atoms with Gasteiger partial charge in [-0.05, 0) is 19.1 Å². The first-order valence-corrected chi connectivity index (χ1v) is 6.08. The van der Waals surface area contributed by atoms with Crippen LogP contribution in [0.5, 0.6) is 11.5 Å². The van der Waals surface area contributed by atoms with E-state index in [0.717, 1.165) is 5.56 Å². The van der Waals surface area contributed by atoms with E-state index in [0.29, 0.717) is 23.0 Å². The Kier molecular flexibility index (Phi) is 4.50. The van der Waals surface area contributed by atoms with E-state index in [9.17, 15) is 4.79 Å². The molecule has 0 radical (unpaired) electrons. The van der Waals surface area contributed by atoms with Crippen molar-refractivity contribution in [1.29, 1.82) is 0 Å². The number of anilines is 1. The van der Waals surface area contributed by atoms with Crippen molar-refractivity contribution < 1.29 is 9.47 Å². The number of benzene rings is 1. The molecule has 0 saturated heterocycles. The van der Waals surface area contributed by atoms with Crippen LogP contribution in [0.1, 0.15) is 11.3 Å². The largest absolute Gasteiger partial charge is 0.497 e. The number of methoxy groups -OCH3 is 2. The normalized spacial score (nSPS) is 10.6. The predicted molar refractivity (Wildman–Crippen MR) is 78.2 cm³/mol. The first kappa shape index (κ1) is 14.5. The highest BCUT2D eigenvalue weighted by atomic mass is 16.5. The smallest absolute Gasteiger partial charge is 0.363 e. The number of hydrogen-bond acceptors (Lipinski definition) is 7. The minimum atomic E-state index is -0.541. The second kappa shape index (κ2) is 6.51. The maximum absolute atomic E-state index is 11.1. The first-order chi connectivity index (χ1) is 10.1. The monoisotopic (exact) mass is 289 g/mol. The molecule has 1 aromatic heterocycles. The molecule has 2 aromatic rings. The Morgan fingerprint density at radius 2 is 2.14 bits per heavy atom. The molecule has 0 atom stereocenters. The highest BCUT2D eigenvalue weighted by Crippen LogP contribution is 2.23. The number of aromatic amines is 1. The van der Waals surface area contributed by atoms with Crippen molar-refractivity contribution in [3.63, 3.8) is 0 Å². The number of rotatable bonds is 5. The molecule has 0 fully saturated rings. The van der Waals surface area contributed by atoms with Crippen molar-refractivity contribution in [3.8, 4) is 11.5 Å². The molecule has 0 bridgehead atoms. The molecule has 21 heavy (non-hydrogen) atoms. The van der Waals surface area contributed by atoms with Gasteiger partial charge in [-0.15, -0.1) is 0 Å². The van der Waals surface area contributed by atoms with Gasteiger partial charge in [-0.25, -0.2) is 9.89 Å². The molecule has 8 nitrogen and oxygen atoms in total. The summed E-state index contributed by atoms with van der Waals surface area (Å²) >= 11 is 0. The molecule has 1 aromatic carbocycles. The Morgan fingerprint density at radius 3 is 2.86 bits per heavy atom. The third-order valence-corrected chi connectivity index (χ3v) is 2.69. The molecule has 8 heteroatoms. The van der Waals surface area contributed by atoms with Gasteiger partial charge >= 0.3 is 5.69 Å². The molecule has 2 rings (SSSR count). The molecular weight excluding hydrogens is 274 g/mol. The van der Waals surface area contributed by atoms with Crippen molar-refractivity contribution >= 4 is 12.0 Å². The van der Waals surface area contributed by atoms with Crippen LogP contribution in [0.2, 0.25) is 0 Å². The lowest BCUT2D eigenvalue weighted by molar-refractivity contribution is 0.394. The van der Waals surface area contributed by atoms with E-state index < -0.39 is 5.69 Å². The van der Waals surface area contributed by atoms with Gasteiger partial charge in [-0.3, -0.25) is 5.43 Å². The molecular formula is C13H15N5O3. The maximum Gasteiger partial charge on any atom is 0.363 e. The molecule has 0 aliphatic heterocycles. The lowest BCUT2D eigenvalue weighted by Crippen LogP contribution is -2.15. The number of nitrogens with one attached hydrogen (secondary N) is 2. The Balaban J connectivity index is 2.18. The topological polar surface area (TPSA) is 101 Å². The van der Waals surface area contributed by atoms with Crippen LogP contribution in [0.15, 0.2) is 28.1 Å². The Labute approximate surface area is 120 Å². The van der Waals surface area contributed by atoms with Gasteiger partial charge in [0, 0.05) is 11.6 Å². The minimum Gasteiger partial charge on any atom is -0.497 e. The molecule has 1 heterocycles. The fourth-order valence-electron chi connectivity index (χ4n) is 1.59. The average Bonchev–Trinajstić information content (AvgIpc) is 2.50. The van der Waals surface area contributed by atoms with E-state index in [1.54, 1.807) is 45.6 Å². The van der Waals surface area contributed by atoms with Crippen LogP contribution in [-0.4, -0.2) is 35.6 Å². The van der Waals surface area contributed by atoms with Gasteiger partial charge in [0.2, 0.25) is 0 Å². The number of hydrogen-bond donors (Lipinski definition) is 2. The number of aromatic nitrogens is 3. The molecule has 0 aliphatic carbocycles. The number of aryl methyl sites for hydroxylation is 1. The van der Waals surface area contributed by atoms with E-state index >= 15 is 0 Å². The highest BCUT2D eigenvalue weighted by molar-refractivity contribution is 5.84. The maximum atomic E-state index is 11.1. The van der Waals surface area contributed by atoms with Crippen molar-refractivity contribution in [2.75, 3.05) is 19.6 Å². The van der Waals surface area contributed by atoms with Gasteiger partial charge in [0.1, 0.15) is 17.2 Å². The van der Waals surface area contributed by atoms with Crippen molar-refractivity contribution in [2.45, 2.75) is 6.92 Å². The van der Waals surface area contributed by atoms with Gasteiger partial charge < -0.3 is 9.47 Å². The van der Waals surface area contributed by atoms with Gasteiger partial charge in [-0.2, -0.15) is 15.2 Å². The van der Waals surface area contributed by atoms with Crippen molar-refractivity contribution in [3.05, 3.63) is 39.9 Å². The summed E-state index contributed by atoms with van der Waals surface area (Å²) in [5.74, 6) is 1.60. The molecule has 0 spiro atoms. The van der Waals surface area contributed by atoms with E-state index in [-0.39, 0.29) is 0 Å². The number of ether oxygens (including phenoxy) is 2. The van der Waals surface area contributed by atoms with Crippen LogP contribution in [0.4, 0.5) is 5.82 Å². The van der Waals surface area contributed by atoms with E-state index in [1.165, 1.54) is 0 Å². The van der Waals surface area contributed by atoms with Crippen LogP contribution >= 0.6 is 0 Å². The van der Waals surface area contributed by atoms with Crippen LogP contribution in [0, 0.1) is 6.92 Å². The summed E-state index contributed by atoms with van der Waals surface area (Å²) in [4.78, 5) is 14.8. The third kappa shape index (κ3) is 3.56. The zero-order chi connectivity index (χ0) is 15.2. The van der Waals surface area contributed by atoms with E-state index in [2.05, 4.69) is 25.7 Å². The first-order valence-electron chi connectivity index (χ1n) is 6.08. The standard InChI is InChI=1S/C13H15N5O3/c1-8-12(15-13(19)18-16-8)17-14-7-9-4-5-10(20-2)6-11(9)21-3/h4-7H,1-3H3,(H2,15,17,18,19). The van der Waals surface area contributed by atoms with E-state index in [4.69, 9.17) is 9.47 Å². The van der Waals surface area contributed by atoms with Crippen LogP contribution in [0.25, 0.3) is 0 Å². The zero-order valence-electron chi connectivity index (χ0n) is 11.9. The van der Waals surface area contributed by atoms with Gasteiger partial charge in [0.15, 0.2) is 5.82 Å². The summed E-state index contributed by atoms with van der Waals surface area (Å²) in [6, 6.07) is 5.35. The number of hydrazone groups is 1. The number of nitrogens with zero attached hydrogens (tertiary/aromatic N) is 3. The SMILES string of the molecule is COc1ccc(C=NNc2nc(=O)[nH]nc2C)c(OC)c1. The third-order valence-electron chi connectivity index (χ3n) is 2.69. The van der Waals surface area contributed by atoms with Crippen LogP contribution in [-0.2, 0) is 0 Å². The lowest BCUT2D eigenvalue weighted by Gasteiger charge is -2.07. The molecule has 110 valence electrons. The van der Waals surface area contributed by atoms with Crippen LogP contribution < -0.4 is 20.6 Å². The molecule has 0 aliphatic rings. The second-order valence-electron chi connectivity index (χ2n) is 4.05. The zero-order valence-corrected chi connectivity index (χ0v) is 11.9. The predicted octanol–water partition coefficient (Wildman–Crippen LogP) is 0.937. The summed E-state index contributed by atoms with van der Waals surface area (Å²) in [5, 5.41) is 10.0. The summed E-state index contributed by atoms with van der Waals surface area (Å²) < 4.78 is 10.4. The van der Waals surface area contributed by atoms with Crippen molar-refractivity contribution in [2.24, 2.45) is 5.10 Å². The Hall–Kier alpha value is -2.90. The fourth-order valence-corrected chi connectivity index (χ4v) is 1.59. The van der Waals surface area contributed by atoms with Crippen molar-refractivity contribution in [1.82, 2.24) is 15.2 Å². The highest BCUT2D eigenvalue weighted by Gasteiger charge is 2.03. The summed E-state index contributed by atoms with van der Waals surface area (Å²) in [7, 11) is 3.14. The average molecular weight is 289 g/mol. The van der Waals surface area contributed by atoms with Gasteiger partial charge in [-0.1, -0.05) is 0 Å². The quantitative estimate of drug-likeness (QED) is 0.627. The van der Waals surface area contributed by atoms with Crippen LogP contribution in [0.3, 0.4) is 0 Å². The second-order valence-corrected chi connectivity index (χ2v) is 4.05. The summed E-state index contributed by atoms with van der Waals surface area (Å²) in [6.45, 7) is 1.70. The molecule has 0 amide bonds. The lowest BCUT2D eigenvalue weighted by atomic mass is 10.2. The number of H-pyrrole nitrogens is 1.